The highest BCUT2D eigenvalue weighted by atomic mass is 32.2. The zero-order chi connectivity index (χ0) is 26.6. The summed E-state index contributed by atoms with van der Waals surface area (Å²) in [7, 11) is 0. The Balaban J connectivity index is 1.30. The molecule has 0 spiro atoms. The molecule has 0 atom stereocenters. The summed E-state index contributed by atoms with van der Waals surface area (Å²) in [5, 5.41) is 4.91. The molecular formula is C32H36N4O2S. The highest BCUT2D eigenvalue weighted by Gasteiger charge is 2.39. The second-order valence-electron chi connectivity index (χ2n) is 10.9. The predicted molar refractivity (Wildman–Crippen MR) is 161 cm³/mol. The Bertz CT molecular complexity index is 1400. The Morgan fingerprint density at radius 1 is 0.923 bits per heavy atom. The first-order chi connectivity index (χ1) is 19.2. The van der Waals surface area contributed by atoms with Crippen LogP contribution in [-0.4, -0.2) is 38.5 Å². The second kappa shape index (κ2) is 11.8. The van der Waals surface area contributed by atoms with Crippen molar-refractivity contribution in [3.63, 3.8) is 0 Å². The smallest absolute Gasteiger partial charge is 0.267 e. The van der Waals surface area contributed by atoms with Gasteiger partial charge in [-0.15, -0.1) is 0 Å². The molecule has 7 heteroatoms. The number of amidine groups is 1. The molecule has 2 saturated carbocycles. The van der Waals surface area contributed by atoms with Crippen molar-refractivity contribution in [2.75, 3.05) is 5.32 Å². The quantitative estimate of drug-likeness (QED) is 0.336. The number of para-hydroxylation sites is 2. The maximum absolute atomic E-state index is 13.9. The van der Waals surface area contributed by atoms with Crippen LogP contribution in [0.5, 0.6) is 0 Å². The minimum absolute atomic E-state index is 0.0834. The molecule has 1 aliphatic heterocycles. The van der Waals surface area contributed by atoms with Gasteiger partial charge in [0.15, 0.2) is 5.17 Å². The zero-order valence-corrected chi connectivity index (χ0v) is 23.2. The van der Waals surface area contributed by atoms with Gasteiger partial charge in [0.1, 0.15) is 6.54 Å². The fraction of sp³-hybridized carbons (Fsp3) is 0.406. The van der Waals surface area contributed by atoms with Crippen molar-refractivity contribution >= 4 is 51.4 Å². The van der Waals surface area contributed by atoms with E-state index < -0.39 is 0 Å². The maximum Gasteiger partial charge on any atom is 0.267 e. The molecule has 202 valence electrons. The van der Waals surface area contributed by atoms with E-state index in [2.05, 4.69) is 11.4 Å². The number of rotatable bonds is 6. The average Bonchev–Trinajstić information content (AvgIpc) is 3.46. The van der Waals surface area contributed by atoms with Crippen LogP contribution in [0.4, 0.5) is 5.69 Å². The van der Waals surface area contributed by atoms with Gasteiger partial charge < -0.3 is 9.88 Å². The van der Waals surface area contributed by atoms with Gasteiger partial charge in [-0.1, -0.05) is 74.9 Å². The fourth-order valence-electron chi connectivity index (χ4n) is 6.14. The summed E-state index contributed by atoms with van der Waals surface area (Å²) >= 11 is 1.54. The van der Waals surface area contributed by atoms with Gasteiger partial charge in [-0.05, 0) is 61.7 Å². The van der Waals surface area contributed by atoms with Crippen molar-refractivity contribution in [1.29, 1.82) is 0 Å². The molecule has 2 aliphatic carbocycles. The Labute approximate surface area is 234 Å². The number of hydrogen-bond donors (Lipinski definition) is 1. The van der Waals surface area contributed by atoms with Crippen LogP contribution in [-0.2, 0) is 16.1 Å². The van der Waals surface area contributed by atoms with Crippen molar-refractivity contribution < 1.29 is 9.59 Å². The number of hydrogen-bond acceptors (Lipinski definition) is 4. The van der Waals surface area contributed by atoms with Gasteiger partial charge >= 0.3 is 0 Å². The van der Waals surface area contributed by atoms with E-state index in [-0.39, 0.29) is 24.4 Å². The number of aliphatic imine (C=N–C) groups is 1. The first-order valence-electron chi connectivity index (χ1n) is 14.4. The van der Waals surface area contributed by atoms with Crippen LogP contribution in [0.3, 0.4) is 0 Å². The number of carbonyl (C=O) groups excluding carboxylic acids is 2. The summed E-state index contributed by atoms with van der Waals surface area (Å²) in [6.07, 6.45) is 15.7. The summed E-state index contributed by atoms with van der Waals surface area (Å²) in [6, 6.07) is 18.2. The lowest BCUT2D eigenvalue weighted by Gasteiger charge is -2.31. The van der Waals surface area contributed by atoms with Gasteiger partial charge in [0.25, 0.3) is 5.91 Å². The van der Waals surface area contributed by atoms with Crippen molar-refractivity contribution in [3.05, 3.63) is 71.3 Å². The molecule has 2 aromatic carbocycles. The number of benzene rings is 2. The minimum atomic E-state index is -0.0853. The number of nitrogens with zero attached hydrogens (tertiary/aromatic N) is 3. The molecule has 1 saturated heterocycles. The number of anilines is 1. The molecule has 3 aromatic rings. The summed E-state index contributed by atoms with van der Waals surface area (Å²) < 4.78 is 1.97. The lowest BCUT2D eigenvalue weighted by atomic mass is 9.94. The lowest BCUT2D eigenvalue weighted by molar-refractivity contribution is -0.124. The number of amides is 2. The monoisotopic (exact) mass is 540 g/mol. The van der Waals surface area contributed by atoms with Gasteiger partial charge in [0, 0.05) is 34.4 Å². The third-order valence-electron chi connectivity index (χ3n) is 8.12. The van der Waals surface area contributed by atoms with Crippen LogP contribution in [0, 0.1) is 0 Å². The van der Waals surface area contributed by atoms with E-state index in [9.17, 15) is 9.59 Å². The van der Waals surface area contributed by atoms with Gasteiger partial charge in [-0.3, -0.25) is 19.5 Å². The summed E-state index contributed by atoms with van der Waals surface area (Å²) in [5.74, 6) is -0.00189. The number of carbonyl (C=O) groups is 2. The first kappa shape index (κ1) is 25.9. The van der Waals surface area contributed by atoms with E-state index in [1.165, 1.54) is 38.5 Å². The Kier molecular flexibility index (Phi) is 7.86. The van der Waals surface area contributed by atoms with E-state index in [0.29, 0.717) is 6.04 Å². The van der Waals surface area contributed by atoms with E-state index in [1.54, 1.807) is 11.8 Å². The first-order valence-corrected chi connectivity index (χ1v) is 15.2. The Morgan fingerprint density at radius 2 is 1.62 bits per heavy atom. The standard InChI is InChI=1S/C32H36N4O2S/c37-30(33-24-12-4-1-5-13-24)22-35-21-23(27-18-10-11-19-28(27)35)20-29-31(38)36(26-16-8-3-9-17-26)32(39-29)34-25-14-6-2-7-15-25/h1,4-5,10-13,18-21,25-26H,2-3,6-9,14-17,22H2,(H,33,37). The Hall–Kier alpha value is -3.32. The van der Waals surface area contributed by atoms with Crippen LogP contribution < -0.4 is 5.32 Å². The third-order valence-corrected chi connectivity index (χ3v) is 9.12. The molecule has 1 aromatic heterocycles. The van der Waals surface area contributed by atoms with Crippen LogP contribution in [0.15, 0.2) is 70.7 Å². The summed E-state index contributed by atoms with van der Waals surface area (Å²) in [4.78, 5) is 34.6. The fourth-order valence-corrected chi connectivity index (χ4v) is 7.24. The average molecular weight is 541 g/mol. The highest BCUT2D eigenvalue weighted by Crippen LogP contribution is 2.39. The molecule has 2 heterocycles. The molecule has 6 nitrogen and oxygen atoms in total. The molecule has 0 bridgehead atoms. The third kappa shape index (κ3) is 5.83. The van der Waals surface area contributed by atoms with E-state index >= 15 is 0 Å². The van der Waals surface area contributed by atoms with Crippen LogP contribution in [0.1, 0.15) is 69.8 Å². The largest absolute Gasteiger partial charge is 0.337 e. The van der Waals surface area contributed by atoms with Gasteiger partial charge in [-0.2, -0.15) is 0 Å². The molecule has 0 unspecified atom stereocenters. The van der Waals surface area contributed by atoms with E-state index in [0.717, 1.165) is 57.9 Å². The molecule has 39 heavy (non-hydrogen) atoms. The molecular weight excluding hydrogens is 504 g/mol. The van der Waals surface area contributed by atoms with Gasteiger partial charge in [0.05, 0.1) is 10.9 Å². The molecule has 6 rings (SSSR count). The number of thioether (sulfide) groups is 1. The van der Waals surface area contributed by atoms with Gasteiger partial charge in [0.2, 0.25) is 5.91 Å². The lowest BCUT2D eigenvalue weighted by Crippen LogP contribution is -2.41. The maximum atomic E-state index is 13.9. The minimum Gasteiger partial charge on any atom is -0.337 e. The van der Waals surface area contributed by atoms with E-state index in [1.807, 2.05) is 70.3 Å². The predicted octanol–water partition coefficient (Wildman–Crippen LogP) is 7.22. The summed E-state index contributed by atoms with van der Waals surface area (Å²) in [5.41, 5.74) is 2.71. The summed E-state index contributed by atoms with van der Waals surface area (Å²) in [6.45, 7) is 0.197. The molecule has 1 N–H and O–H groups in total. The molecule has 0 radical (unpaired) electrons. The van der Waals surface area contributed by atoms with Crippen molar-refractivity contribution in [2.24, 2.45) is 4.99 Å². The van der Waals surface area contributed by atoms with Crippen molar-refractivity contribution in [2.45, 2.75) is 82.8 Å². The number of nitrogens with one attached hydrogen (secondary N) is 1. The van der Waals surface area contributed by atoms with Gasteiger partial charge in [-0.25, -0.2) is 0 Å². The van der Waals surface area contributed by atoms with Crippen molar-refractivity contribution in [3.8, 4) is 0 Å². The zero-order valence-electron chi connectivity index (χ0n) is 22.4. The highest BCUT2D eigenvalue weighted by molar-refractivity contribution is 8.18. The molecule has 2 amide bonds. The van der Waals surface area contributed by atoms with Crippen LogP contribution >= 0.6 is 11.8 Å². The Morgan fingerprint density at radius 3 is 2.38 bits per heavy atom. The molecule has 3 fully saturated rings. The van der Waals surface area contributed by atoms with E-state index in [4.69, 9.17) is 4.99 Å². The second-order valence-corrected chi connectivity index (χ2v) is 11.9. The SMILES string of the molecule is O=C(Cn1cc(C=C2SC(=NC3CCCCC3)N(C3CCCCC3)C2=O)c2ccccc21)Nc1ccccc1. The number of fused-ring (bicyclic) bond motifs is 1. The number of aromatic nitrogens is 1. The van der Waals surface area contributed by atoms with Crippen LogP contribution in [0.25, 0.3) is 17.0 Å². The normalized spacial score (nSPS) is 21.3. The van der Waals surface area contributed by atoms with Crippen molar-refractivity contribution in [1.82, 2.24) is 9.47 Å². The topological polar surface area (TPSA) is 66.7 Å². The van der Waals surface area contributed by atoms with Crippen LogP contribution in [0.2, 0.25) is 0 Å². The molecule has 3 aliphatic rings.